The molecule has 3 N–H and O–H groups in total. The summed E-state index contributed by atoms with van der Waals surface area (Å²) in [5, 5.41) is 0. The molecule has 3 rings (SSSR count). The van der Waals surface area contributed by atoms with Crippen LogP contribution >= 0.6 is 0 Å². The van der Waals surface area contributed by atoms with Crippen molar-refractivity contribution < 1.29 is 22.7 Å². The fraction of sp³-hybridized carbons (Fsp3) is 0.300. The molecule has 1 saturated heterocycles. The molecule has 0 atom stereocenters. The number of ether oxygens (including phenoxy) is 1. The summed E-state index contributed by atoms with van der Waals surface area (Å²) in [6.45, 7) is 1.45. The number of allylic oxidation sites excluding steroid dienone is 1. The van der Waals surface area contributed by atoms with E-state index in [1.165, 1.54) is 12.1 Å². The van der Waals surface area contributed by atoms with Crippen LogP contribution in [0, 0.1) is 5.92 Å². The molecule has 0 aliphatic carbocycles. The predicted octanol–water partition coefficient (Wildman–Crippen LogP) is 3.60. The van der Waals surface area contributed by atoms with Crippen LogP contribution in [0.15, 0.2) is 41.2 Å². The second-order valence-electron chi connectivity index (χ2n) is 6.59. The van der Waals surface area contributed by atoms with E-state index in [4.69, 9.17) is 10.5 Å². The van der Waals surface area contributed by atoms with Gasteiger partial charge >= 0.3 is 6.18 Å². The minimum absolute atomic E-state index is 0.217. The average Bonchev–Trinajstić information content (AvgIpc) is 2.66. The Hall–Kier alpha value is -2.87. The van der Waals surface area contributed by atoms with Crippen molar-refractivity contribution in [2.24, 2.45) is 11.7 Å². The Bertz CT molecular complexity index is 941. The Kier molecular flexibility index (Phi) is 5.69. The first-order chi connectivity index (χ1) is 13.3. The van der Waals surface area contributed by atoms with Gasteiger partial charge in [0.2, 0.25) is 0 Å². The molecule has 0 saturated carbocycles. The maximum Gasteiger partial charge on any atom is 0.431 e. The monoisotopic (exact) mass is 392 g/mol. The number of carbonyl (C=O) groups is 1. The number of rotatable bonds is 4. The van der Waals surface area contributed by atoms with Gasteiger partial charge in [-0.2, -0.15) is 13.2 Å². The van der Waals surface area contributed by atoms with Crippen LogP contribution in [0.4, 0.5) is 13.2 Å². The molecule has 5 nitrogen and oxygen atoms in total. The van der Waals surface area contributed by atoms with E-state index in [0.29, 0.717) is 5.92 Å². The summed E-state index contributed by atoms with van der Waals surface area (Å²) in [5.41, 5.74) is 2.94. The third-order valence-electron chi connectivity index (χ3n) is 4.64. The third-order valence-corrected chi connectivity index (χ3v) is 4.64. The summed E-state index contributed by atoms with van der Waals surface area (Å²) in [6, 6.07) is 7.27. The number of benzene rings is 1. The molecule has 1 aromatic heterocycles. The largest absolute Gasteiger partial charge is 0.431 e. The fourth-order valence-electron chi connectivity index (χ4n) is 3.09. The number of alkyl halides is 3. The van der Waals surface area contributed by atoms with Crippen molar-refractivity contribution in [3.05, 3.63) is 63.6 Å². The Labute approximate surface area is 159 Å². The number of aromatic nitrogens is 1. The molecule has 0 bridgehead atoms. The molecule has 2 aromatic rings. The van der Waals surface area contributed by atoms with Gasteiger partial charge in [0.25, 0.3) is 11.5 Å². The van der Waals surface area contributed by atoms with E-state index in [1.807, 2.05) is 6.08 Å². The maximum atomic E-state index is 13.3. The first kappa shape index (κ1) is 19.9. The first-order valence-corrected chi connectivity index (χ1v) is 8.76. The second-order valence-corrected chi connectivity index (χ2v) is 6.59. The molecule has 28 heavy (non-hydrogen) atoms. The third kappa shape index (κ3) is 4.51. The number of carbonyl (C=O) groups excluding carboxylic acids is 1. The number of amides is 1. The Balaban J connectivity index is 1.94. The van der Waals surface area contributed by atoms with Crippen molar-refractivity contribution in [2.45, 2.75) is 19.0 Å². The molecular formula is C20H19F3N2O3. The lowest BCUT2D eigenvalue weighted by Crippen LogP contribution is -2.27. The van der Waals surface area contributed by atoms with E-state index >= 15 is 0 Å². The zero-order chi connectivity index (χ0) is 20.3. The number of H-pyrrole nitrogens is 1. The molecule has 1 aliphatic rings. The van der Waals surface area contributed by atoms with Crippen LogP contribution in [0.3, 0.4) is 0 Å². The van der Waals surface area contributed by atoms with Crippen LogP contribution in [0.2, 0.25) is 0 Å². The number of nitrogens with one attached hydrogen (secondary N) is 1. The van der Waals surface area contributed by atoms with Gasteiger partial charge in [-0.3, -0.25) is 9.59 Å². The highest BCUT2D eigenvalue weighted by atomic mass is 19.4. The van der Waals surface area contributed by atoms with E-state index in [9.17, 15) is 22.8 Å². The molecule has 8 heteroatoms. The number of halogens is 3. The lowest BCUT2D eigenvalue weighted by atomic mass is 9.97. The highest BCUT2D eigenvalue weighted by Crippen LogP contribution is 2.35. The minimum Gasteiger partial charge on any atom is -0.381 e. The van der Waals surface area contributed by atoms with Gasteiger partial charge in [0.1, 0.15) is 11.3 Å². The van der Waals surface area contributed by atoms with Gasteiger partial charge in [-0.15, -0.1) is 0 Å². The number of hydrogen-bond donors (Lipinski definition) is 2. The molecule has 1 fully saturated rings. The zero-order valence-electron chi connectivity index (χ0n) is 14.9. The Morgan fingerprint density at radius 3 is 2.39 bits per heavy atom. The van der Waals surface area contributed by atoms with Gasteiger partial charge in [0.15, 0.2) is 0 Å². The predicted molar refractivity (Wildman–Crippen MR) is 98.6 cm³/mol. The lowest BCUT2D eigenvalue weighted by molar-refractivity contribution is -0.140. The van der Waals surface area contributed by atoms with E-state index < -0.39 is 28.9 Å². The van der Waals surface area contributed by atoms with Gasteiger partial charge < -0.3 is 15.5 Å². The van der Waals surface area contributed by atoms with Crippen molar-refractivity contribution in [3.63, 3.8) is 0 Å². The molecule has 0 radical (unpaired) electrons. The summed E-state index contributed by atoms with van der Waals surface area (Å²) in [7, 11) is 0. The van der Waals surface area contributed by atoms with Crippen LogP contribution in [-0.4, -0.2) is 24.1 Å². The summed E-state index contributed by atoms with van der Waals surface area (Å²) < 4.78 is 45.3. The lowest BCUT2D eigenvalue weighted by Gasteiger charge is -2.18. The van der Waals surface area contributed by atoms with Crippen LogP contribution in [0.1, 0.15) is 34.5 Å². The normalized spacial score (nSPS) is 15.8. The molecule has 148 valence electrons. The first-order valence-electron chi connectivity index (χ1n) is 8.76. The zero-order valence-corrected chi connectivity index (χ0v) is 14.9. The molecule has 2 heterocycles. The van der Waals surface area contributed by atoms with Crippen molar-refractivity contribution in [1.82, 2.24) is 4.98 Å². The van der Waals surface area contributed by atoms with Crippen molar-refractivity contribution >= 4 is 12.0 Å². The van der Waals surface area contributed by atoms with E-state index in [2.05, 4.69) is 6.08 Å². The van der Waals surface area contributed by atoms with Crippen molar-refractivity contribution in [3.8, 4) is 11.1 Å². The Morgan fingerprint density at radius 2 is 1.82 bits per heavy atom. The number of primary amides is 1. The summed E-state index contributed by atoms with van der Waals surface area (Å²) in [6.07, 6.45) is 1.09. The number of pyridine rings is 1. The van der Waals surface area contributed by atoms with Crippen molar-refractivity contribution in [1.29, 1.82) is 0 Å². The highest BCUT2D eigenvalue weighted by Gasteiger charge is 2.36. The summed E-state index contributed by atoms with van der Waals surface area (Å²) >= 11 is 0. The smallest absolute Gasteiger partial charge is 0.381 e. The molecule has 1 amide bonds. The number of nitrogens with two attached hydrogens (primary N) is 1. The van der Waals surface area contributed by atoms with Crippen LogP contribution in [0.25, 0.3) is 17.2 Å². The second kappa shape index (κ2) is 8.02. The standard InChI is InChI=1S/C20H19F3N2O3/c21-20(22,23)17-15(11-16(18(24)26)19(27)25-17)14-5-3-12(4-6-14)1-2-13-7-9-28-10-8-13/h1-6,11,13H,7-10H2,(H2,24,26)(H,25,27). The van der Waals surface area contributed by atoms with Gasteiger partial charge in [-0.25, -0.2) is 0 Å². The van der Waals surface area contributed by atoms with E-state index in [-0.39, 0.29) is 11.1 Å². The number of hydrogen-bond acceptors (Lipinski definition) is 3. The van der Waals surface area contributed by atoms with Gasteiger partial charge in [0, 0.05) is 18.8 Å². The SMILES string of the molecule is NC(=O)c1cc(-c2ccc(C=CC3CCOCC3)cc2)c(C(F)(F)F)[nH]c1=O. The van der Waals surface area contributed by atoms with Gasteiger partial charge in [-0.1, -0.05) is 36.4 Å². The average molecular weight is 392 g/mol. The van der Waals surface area contributed by atoms with Gasteiger partial charge in [0.05, 0.1) is 0 Å². The molecule has 0 spiro atoms. The highest BCUT2D eigenvalue weighted by molar-refractivity contribution is 5.94. The topological polar surface area (TPSA) is 85.2 Å². The fourth-order valence-corrected chi connectivity index (χ4v) is 3.09. The molecule has 1 aliphatic heterocycles. The number of aromatic amines is 1. The summed E-state index contributed by atoms with van der Waals surface area (Å²) in [4.78, 5) is 24.8. The van der Waals surface area contributed by atoms with E-state index in [1.54, 1.807) is 17.1 Å². The van der Waals surface area contributed by atoms with Gasteiger partial charge in [-0.05, 0) is 36.0 Å². The van der Waals surface area contributed by atoms with Crippen LogP contribution < -0.4 is 11.3 Å². The van der Waals surface area contributed by atoms with Crippen molar-refractivity contribution in [2.75, 3.05) is 13.2 Å². The summed E-state index contributed by atoms with van der Waals surface area (Å²) in [5.74, 6) is -0.671. The van der Waals surface area contributed by atoms with Crippen LogP contribution in [0.5, 0.6) is 0 Å². The minimum atomic E-state index is -4.79. The molecular weight excluding hydrogens is 373 g/mol. The van der Waals surface area contributed by atoms with Crippen LogP contribution in [-0.2, 0) is 10.9 Å². The van der Waals surface area contributed by atoms with E-state index in [0.717, 1.165) is 37.7 Å². The quantitative estimate of drug-likeness (QED) is 0.834. The molecule has 0 unspecified atom stereocenters. The maximum absolute atomic E-state index is 13.3. The Morgan fingerprint density at radius 1 is 1.18 bits per heavy atom. The molecule has 1 aromatic carbocycles.